The third kappa shape index (κ3) is 2.17. The summed E-state index contributed by atoms with van der Waals surface area (Å²) in [5.74, 6) is -2.01. The molecular formula is C12H11FN2O3. The molecule has 0 bridgehead atoms. The molecule has 6 heteroatoms. The fourth-order valence-electron chi connectivity index (χ4n) is 1.84. The molecule has 5 nitrogen and oxygen atoms in total. The third-order valence-electron chi connectivity index (χ3n) is 2.58. The van der Waals surface area contributed by atoms with Gasteiger partial charge in [-0.25, -0.2) is 4.39 Å². The largest absolute Gasteiger partial charge is 0.480 e. The van der Waals surface area contributed by atoms with Crippen molar-refractivity contribution in [1.29, 1.82) is 0 Å². The van der Waals surface area contributed by atoms with Crippen molar-refractivity contribution >= 4 is 22.8 Å². The Morgan fingerprint density at radius 2 is 2.17 bits per heavy atom. The number of aryl methyl sites for hydroxylation is 1. The minimum Gasteiger partial charge on any atom is -0.480 e. The third-order valence-corrected chi connectivity index (χ3v) is 2.58. The molecule has 0 saturated heterocycles. The van der Waals surface area contributed by atoms with Gasteiger partial charge in [-0.1, -0.05) is 0 Å². The molecule has 0 aliphatic carbocycles. The van der Waals surface area contributed by atoms with Gasteiger partial charge < -0.3 is 15.4 Å². The van der Waals surface area contributed by atoms with Crippen LogP contribution < -0.4 is 5.32 Å². The SMILES string of the molecule is Cc1[nH]c2cc(F)ccc2c1C(=O)NCC(=O)O. The molecule has 1 amide bonds. The lowest BCUT2D eigenvalue weighted by Crippen LogP contribution is -2.29. The molecule has 1 heterocycles. The first kappa shape index (κ1) is 12.1. The number of aromatic amines is 1. The summed E-state index contributed by atoms with van der Waals surface area (Å²) in [4.78, 5) is 25.1. The number of aliphatic carboxylic acids is 1. The zero-order valence-electron chi connectivity index (χ0n) is 9.58. The highest BCUT2D eigenvalue weighted by molar-refractivity contribution is 6.08. The fourth-order valence-corrected chi connectivity index (χ4v) is 1.84. The number of carboxylic acids is 1. The van der Waals surface area contributed by atoms with Crippen LogP contribution >= 0.6 is 0 Å². The van der Waals surface area contributed by atoms with E-state index in [1.165, 1.54) is 18.2 Å². The number of nitrogens with one attached hydrogen (secondary N) is 2. The fraction of sp³-hybridized carbons (Fsp3) is 0.167. The number of carboxylic acid groups (broad SMARTS) is 1. The van der Waals surface area contributed by atoms with Crippen molar-refractivity contribution in [3.63, 3.8) is 0 Å². The molecule has 18 heavy (non-hydrogen) atoms. The number of fused-ring (bicyclic) bond motifs is 1. The maximum absolute atomic E-state index is 13.0. The minimum atomic E-state index is -1.12. The van der Waals surface area contributed by atoms with Gasteiger partial charge in [-0.05, 0) is 25.1 Å². The first-order chi connectivity index (χ1) is 8.49. The number of carbonyl (C=O) groups excluding carboxylic acids is 1. The lowest BCUT2D eigenvalue weighted by atomic mass is 10.1. The van der Waals surface area contributed by atoms with Crippen LogP contribution in [0.5, 0.6) is 0 Å². The molecule has 3 N–H and O–H groups in total. The first-order valence-electron chi connectivity index (χ1n) is 5.27. The zero-order chi connectivity index (χ0) is 13.3. The quantitative estimate of drug-likeness (QED) is 0.770. The van der Waals surface area contributed by atoms with Crippen molar-refractivity contribution < 1.29 is 19.1 Å². The van der Waals surface area contributed by atoms with Gasteiger partial charge in [-0.2, -0.15) is 0 Å². The number of aromatic nitrogens is 1. The molecule has 0 saturated carbocycles. The van der Waals surface area contributed by atoms with Gasteiger partial charge in [0.1, 0.15) is 12.4 Å². The monoisotopic (exact) mass is 250 g/mol. The molecule has 0 fully saturated rings. The Morgan fingerprint density at radius 3 is 2.83 bits per heavy atom. The van der Waals surface area contributed by atoms with Gasteiger partial charge >= 0.3 is 5.97 Å². The summed E-state index contributed by atoms with van der Waals surface area (Å²) in [7, 11) is 0. The van der Waals surface area contributed by atoms with Gasteiger partial charge in [0.15, 0.2) is 0 Å². The van der Waals surface area contributed by atoms with Gasteiger partial charge in [-0.3, -0.25) is 9.59 Å². The number of hydrogen-bond donors (Lipinski definition) is 3. The Balaban J connectivity index is 2.41. The zero-order valence-corrected chi connectivity index (χ0v) is 9.58. The maximum atomic E-state index is 13.0. The van der Waals surface area contributed by atoms with Gasteiger partial charge in [0, 0.05) is 16.6 Å². The second-order valence-corrected chi connectivity index (χ2v) is 3.89. The second-order valence-electron chi connectivity index (χ2n) is 3.89. The maximum Gasteiger partial charge on any atom is 0.322 e. The van der Waals surface area contributed by atoms with Crippen LogP contribution in [-0.4, -0.2) is 28.5 Å². The first-order valence-corrected chi connectivity index (χ1v) is 5.27. The number of hydrogen-bond acceptors (Lipinski definition) is 2. The molecular weight excluding hydrogens is 239 g/mol. The van der Waals surface area contributed by atoms with Crippen molar-refractivity contribution in [1.82, 2.24) is 10.3 Å². The van der Waals surface area contributed by atoms with E-state index >= 15 is 0 Å². The Morgan fingerprint density at radius 1 is 1.44 bits per heavy atom. The molecule has 1 aromatic carbocycles. The molecule has 0 radical (unpaired) electrons. The van der Waals surface area contributed by atoms with Crippen LogP contribution in [0, 0.1) is 12.7 Å². The van der Waals surface area contributed by atoms with Gasteiger partial charge in [0.25, 0.3) is 5.91 Å². The Bertz CT molecular complexity index is 634. The average Bonchev–Trinajstić information content (AvgIpc) is 2.61. The van der Waals surface area contributed by atoms with Crippen molar-refractivity contribution in [2.75, 3.05) is 6.54 Å². The van der Waals surface area contributed by atoms with Crippen LogP contribution in [0.1, 0.15) is 16.1 Å². The van der Waals surface area contributed by atoms with E-state index in [0.717, 1.165) is 0 Å². The summed E-state index contributed by atoms with van der Waals surface area (Å²) >= 11 is 0. The second kappa shape index (κ2) is 4.48. The minimum absolute atomic E-state index is 0.339. The standard InChI is InChI=1S/C12H11FN2O3/c1-6-11(12(18)14-5-10(16)17)8-3-2-7(13)4-9(8)15-6/h2-4,15H,5H2,1H3,(H,14,18)(H,16,17). The van der Waals surface area contributed by atoms with E-state index in [9.17, 15) is 14.0 Å². The van der Waals surface area contributed by atoms with E-state index in [1.54, 1.807) is 6.92 Å². The average molecular weight is 250 g/mol. The van der Waals surface area contributed by atoms with Gasteiger partial charge in [0.2, 0.25) is 0 Å². The van der Waals surface area contributed by atoms with E-state index in [2.05, 4.69) is 10.3 Å². The van der Waals surface area contributed by atoms with E-state index in [0.29, 0.717) is 22.2 Å². The number of amides is 1. The Labute approximate surface area is 102 Å². The van der Waals surface area contributed by atoms with Gasteiger partial charge in [0.05, 0.1) is 5.56 Å². The molecule has 94 valence electrons. The molecule has 0 spiro atoms. The van der Waals surface area contributed by atoms with Crippen molar-refractivity contribution in [2.24, 2.45) is 0 Å². The molecule has 2 aromatic rings. The molecule has 1 aromatic heterocycles. The van der Waals surface area contributed by atoms with E-state index in [-0.39, 0.29) is 0 Å². The number of H-pyrrole nitrogens is 1. The smallest absolute Gasteiger partial charge is 0.322 e. The molecule has 0 unspecified atom stereocenters. The Hall–Kier alpha value is -2.37. The van der Waals surface area contributed by atoms with E-state index in [4.69, 9.17) is 5.11 Å². The number of rotatable bonds is 3. The number of carbonyl (C=O) groups is 2. The lowest BCUT2D eigenvalue weighted by molar-refractivity contribution is -0.135. The van der Waals surface area contributed by atoms with Crippen LogP contribution in [-0.2, 0) is 4.79 Å². The van der Waals surface area contributed by atoms with Crippen LogP contribution in [0.4, 0.5) is 4.39 Å². The molecule has 0 aliphatic heterocycles. The summed E-state index contributed by atoms with van der Waals surface area (Å²) in [6.07, 6.45) is 0. The predicted molar refractivity (Wildman–Crippen MR) is 63.0 cm³/mol. The number of halogens is 1. The lowest BCUT2D eigenvalue weighted by Gasteiger charge is -2.02. The van der Waals surface area contributed by atoms with Crippen molar-refractivity contribution in [3.05, 3.63) is 35.3 Å². The van der Waals surface area contributed by atoms with Crippen LogP contribution in [0.25, 0.3) is 10.9 Å². The van der Waals surface area contributed by atoms with Gasteiger partial charge in [-0.15, -0.1) is 0 Å². The van der Waals surface area contributed by atoms with Crippen molar-refractivity contribution in [3.8, 4) is 0 Å². The topological polar surface area (TPSA) is 82.2 Å². The highest BCUT2D eigenvalue weighted by Crippen LogP contribution is 2.22. The summed E-state index contributed by atoms with van der Waals surface area (Å²) in [6, 6.07) is 4.03. The predicted octanol–water partition coefficient (Wildman–Crippen LogP) is 1.43. The number of benzene rings is 1. The molecule has 0 atom stereocenters. The normalized spacial score (nSPS) is 10.6. The highest BCUT2D eigenvalue weighted by Gasteiger charge is 2.16. The summed E-state index contributed by atoms with van der Waals surface area (Å²) in [5, 5.41) is 11.4. The van der Waals surface area contributed by atoms with Crippen LogP contribution in [0.15, 0.2) is 18.2 Å². The summed E-state index contributed by atoms with van der Waals surface area (Å²) in [6.45, 7) is 1.22. The molecule has 0 aliphatic rings. The summed E-state index contributed by atoms with van der Waals surface area (Å²) in [5.41, 5.74) is 1.41. The van der Waals surface area contributed by atoms with E-state index in [1.807, 2.05) is 0 Å². The van der Waals surface area contributed by atoms with E-state index < -0.39 is 24.2 Å². The highest BCUT2D eigenvalue weighted by atomic mass is 19.1. The summed E-state index contributed by atoms with van der Waals surface area (Å²) < 4.78 is 13.0. The molecule has 2 rings (SSSR count). The van der Waals surface area contributed by atoms with Crippen LogP contribution in [0.3, 0.4) is 0 Å². The Kier molecular flexibility index (Phi) is 3.01. The van der Waals surface area contributed by atoms with Crippen molar-refractivity contribution in [2.45, 2.75) is 6.92 Å². The van der Waals surface area contributed by atoms with Crippen LogP contribution in [0.2, 0.25) is 0 Å².